The zero-order valence-corrected chi connectivity index (χ0v) is 18.5. The second-order valence-electron chi connectivity index (χ2n) is 9.12. The van der Waals surface area contributed by atoms with E-state index in [0.29, 0.717) is 6.42 Å². The Kier molecular flexibility index (Phi) is 7.78. The van der Waals surface area contributed by atoms with Crippen LogP contribution in [0.15, 0.2) is 30.5 Å². The molecular weight excluding hydrogens is 380 g/mol. The molecule has 0 bridgehead atoms. The van der Waals surface area contributed by atoms with Gasteiger partial charge in [-0.15, -0.1) is 0 Å². The molecular formula is C23H34N4O3. The Balaban J connectivity index is 2.26. The van der Waals surface area contributed by atoms with Crippen molar-refractivity contribution in [2.24, 2.45) is 11.1 Å². The lowest BCUT2D eigenvalue weighted by Gasteiger charge is -2.28. The molecule has 2 aromatic rings. The molecule has 0 spiro atoms. The number of aromatic nitrogens is 1. The summed E-state index contributed by atoms with van der Waals surface area (Å²) in [5.74, 6) is -0.800. The quantitative estimate of drug-likeness (QED) is 0.478. The number of primary amides is 1. The number of aromatic amines is 1. The number of nitrogens with two attached hydrogens (primary N) is 1. The molecule has 0 saturated carbocycles. The number of amides is 2. The third-order valence-electron chi connectivity index (χ3n) is 5.00. The maximum absolute atomic E-state index is 13.2. The highest BCUT2D eigenvalue weighted by molar-refractivity contribution is 5.94. The highest BCUT2D eigenvalue weighted by Gasteiger charge is 2.33. The van der Waals surface area contributed by atoms with Crippen molar-refractivity contribution in [2.45, 2.75) is 72.0 Å². The number of benzene rings is 1. The van der Waals surface area contributed by atoms with E-state index >= 15 is 0 Å². The summed E-state index contributed by atoms with van der Waals surface area (Å²) in [5.41, 5.74) is 6.61. The fourth-order valence-corrected chi connectivity index (χ4v) is 3.50. The van der Waals surface area contributed by atoms with Crippen molar-refractivity contribution in [2.75, 3.05) is 0 Å². The maximum Gasteiger partial charge on any atom is 0.237 e. The van der Waals surface area contributed by atoms with Crippen LogP contribution >= 0.6 is 0 Å². The van der Waals surface area contributed by atoms with E-state index < -0.39 is 23.4 Å². The molecule has 2 atom stereocenters. The maximum atomic E-state index is 13.2. The average Bonchev–Trinajstić information content (AvgIpc) is 3.05. The summed E-state index contributed by atoms with van der Waals surface area (Å²) in [6.07, 6.45) is 2.65. The predicted molar refractivity (Wildman–Crippen MR) is 119 cm³/mol. The van der Waals surface area contributed by atoms with E-state index in [1.54, 1.807) is 0 Å². The molecule has 1 aromatic heterocycles. The van der Waals surface area contributed by atoms with Crippen LogP contribution in [0.2, 0.25) is 0 Å². The lowest BCUT2D eigenvalue weighted by molar-refractivity contribution is -0.133. The fraction of sp³-hybridized carbons (Fsp3) is 0.522. The largest absolute Gasteiger partial charge is 0.370 e. The van der Waals surface area contributed by atoms with Gasteiger partial charge in [-0.25, -0.2) is 0 Å². The van der Waals surface area contributed by atoms with Gasteiger partial charge in [0.25, 0.3) is 0 Å². The SMILES string of the molecule is CC(C)N[C@@H](CCC(N)=O)C(=O)N[C@@H](Cc1c[nH]c2ccccc12)C(=O)C(C)(C)C. The van der Waals surface area contributed by atoms with Crippen LogP contribution in [0.4, 0.5) is 0 Å². The van der Waals surface area contributed by atoms with E-state index in [1.165, 1.54) is 0 Å². The average molecular weight is 415 g/mol. The smallest absolute Gasteiger partial charge is 0.237 e. The number of carbonyl (C=O) groups is 3. The number of nitrogens with one attached hydrogen (secondary N) is 3. The van der Waals surface area contributed by atoms with Gasteiger partial charge in [0.05, 0.1) is 12.1 Å². The zero-order valence-electron chi connectivity index (χ0n) is 18.5. The molecule has 0 aliphatic heterocycles. The summed E-state index contributed by atoms with van der Waals surface area (Å²) in [4.78, 5) is 40.6. The van der Waals surface area contributed by atoms with Crippen molar-refractivity contribution in [3.8, 4) is 0 Å². The molecule has 1 aromatic carbocycles. The van der Waals surface area contributed by atoms with Crippen LogP contribution in [0.3, 0.4) is 0 Å². The molecule has 7 heteroatoms. The Morgan fingerprint density at radius 2 is 1.77 bits per heavy atom. The first-order chi connectivity index (χ1) is 14.0. The van der Waals surface area contributed by atoms with Crippen LogP contribution in [0.25, 0.3) is 10.9 Å². The van der Waals surface area contributed by atoms with Crippen LogP contribution < -0.4 is 16.4 Å². The lowest BCUT2D eigenvalue weighted by Crippen LogP contribution is -2.54. The van der Waals surface area contributed by atoms with Crippen molar-refractivity contribution in [3.05, 3.63) is 36.0 Å². The van der Waals surface area contributed by atoms with Crippen LogP contribution in [-0.4, -0.2) is 40.7 Å². The van der Waals surface area contributed by atoms with Gasteiger partial charge in [-0.2, -0.15) is 0 Å². The summed E-state index contributed by atoms with van der Waals surface area (Å²) >= 11 is 0. The number of ketones is 1. The van der Waals surface area contributed by atoms with Gasteiger partial charge < -0.3 is 21.4 Å². The molecule has 0 saturated heterocycles. The third kappa shape index (κ3) is 6.42. The molecule has 0 aliphatic rings. The Morgan fingerprint density at radius 3 is 2.37 bits per heavy atom. The molecule has 5 N–H and O–H groups in total. The summed E-state index contributed by atoms with van der Waals surface area (Å²) in [6.45, 7) is 9.39. The normalized spacial score (nSPS) is 13.9. The molecule has 7 nitrogen and oxygen atoms in total. The highest BCUT2D eigenvalue weighted by atomic mass is 16.2. The summed E-state index contributed by atoms with van der Waals surface area (Å²) in [6, 6.07) is 6.63. The lowest BCUT2D eigenvalue weighted by atomic mass is 9.84. The number of para-hydroxylation sites is 1. The van der Waals surface area contributed by atoms with E-state index in [2.05, 4.69) is 15.6 Å². The molecule has 1 heterocycles. The van der Waals surface area contributed by atoms with Crippen LogP contribution in [0.1, 0.15) is 53.0 Å². The second-order valence-corrected chi connectivity index (χ2v) is 9.12. The van der Waals surface area contributed by atoms with E-state index in [0.717, 1.165) is 16.5 Å². The van der Waals surface area contributed by atoms with Crippen molar-refractivity contribution in [3.63, 3.8) is 0 Å². The number of hydrogen-bond acceptors (Lipinski definition) is 4. The fourth-order valence-electron chi connectivity index (χ4n) is 3.50. The van der Waals surface area contributed by atoms with E-state index in [4.69, 9.17) is 5.73 Å². The minimum atomic E-state index is -0.679. The van der Waals surface area contributed by atoms with Crippen molar-refractivity contribution in [1.29, 1.82) is 0 Å². The second kappa shape index (κ2) is 9.89. The van der Waals surface area contributed by atoms with Gasteiger partial charge >= 0.3 is 0 Å². The summed E-state index contributed by atoms with van der Waals surface area (Å²) < 4.78 is 0. The first-order valence-electron chi connectivity index (χ1n) is 10.4. The number of carbonyl (C=O) groups excluding carboxylic acids is 3. The molecule has 164 valence electrons. The predicted octanol–water partition coefficient (Wildman–Crippen LogP) is 2.44. The molecule has 2 amide bonds. The molecule has 2 rings (SSSR count). The molecule has 0 aliphatic carbocycles. The van der Waals surface area contributed by atoms with Gasteiger partial charge in [0.1, 0.15) is 0 Å². The molecule has 0 fully saturated rings. The highest BCUT2D eigenvalue weighted by Crippen LogP contribution is 2.23. The Labute approximate surface area is 178 Å². The van der Waals surface area contributed by atoms with Crippen LogP contribution in [0, 0.1) is 5.41 Å². The van der Waals surface area contributed by atoms with Crippen molar-refractivity contribution >= 4 is 28.5 Å². The van der Waals surface area contributed by atoms with Crippen LogP contribution in [0.5, 0.6) is 0 Å². The molecule has 0 radical (unpaired) electrons. The number of fused-ring (bicyclic) bond motifs is 1. The van der Waals surface area contributed by atoms with Gasteiger partial charge in [0.2, 0.25) is 11.8 Å². The third-order valence-corrected chi connectivity index (χ3v) is 5.00. The number of Topliss-reactive ketones (excluding diaryl/α,β-unsaturated/α-hetero) is 1. The van der Waals surface area contributed by atoms with Crippen molar-refractivity contribution in [1.82, 2.24) is 15.6 Å². The molecule has 30 heavy (non-hydrogen) atoms. The van der Waals surface area contributed by atoms with Gasteiger partial charge in [-0.3, -0.25) is 14.4 Å². The number of hydrogen-bond donors (Lipinski definition) is 4. The van der Waals surface area contributed by atoms with E-state index in [-0.39, 0.29) is 30.6 Å². The van der Waals surface area contributed by atoms with Gasteiger partial charge in [-0.1, -0.05) is 52.8 Å². The number of H-pyrrole nitrogens is 1. The van der Waals surface area contributed by atoms with Crippen molar-refractivity contribution < 1.29 is 14.4 Å². The van der Waals surface area contributed by atoms with Gasteiger partial charge in [-0.05, 0) is 18.1 Å². The molecule has 0 unspecified atom stereocenters. The van der Waals surface area contributed by atoms with Gasteiger partial charge in [0.15, 0.2) is 5.78 Å². The minimum absolute atomic E-state index is 0.0408. The van der Waals surface area contributed by atoms with Crippen LogP contribution in [-0.2, 0) is 20.8 Å². The van der Waals surface area contributed by atoms with Gasteiger partial charge in [0, 0.05) is 41.4 Å². The standard InChI is InChI=1S/C23H34N4O3/c1-14(2)26-18(10-11-20(24)28)22(30)27-19(21(29)23(3,4)5)12-15-13-25-17-9-7-6-8-16(15)17/h6-9,13-14,18-19,25-26H,10-12H2,1-5H3,(H2,24,28)(H,27,30)/t18-,19-/m0/s1. The van der Waals surface area contributed by atoms with E-state index in [9.17, 15) is 14.4 Å². The minimum Gasteiger partial charge on any atom is -0.370 e. The number of rotatable bonds is 10. The Hall–Kier alpha value is -2.67. The zero-order chi connectivity index (χ0) is 22.5. The first-order valence-corrected chi connectivity index (χ1v) is 10.4. The Bertz CT molecular complexity index is 895. The summed E-state index contributed by atoms with van der Waals surface area (Å²) in [7, 11) is 0. The topological polar surface area (TPSA) is 117 Å². The van der Waals surface area contributed by atoms with E-state index in [1.807, 2.05) is 65.1 Å². The first kappa shape index (κ1) is 23.6. The Morgan fingerprint density at radius 1 is 1.10 bits per heavy atom. The monoisotopic (exact) mass is 414 g/mol. The summed E-state index contributed by atoms with van der Waals surface area (Å²) in [5, 5.41) is 7.14.